The Hall–Kier alpha value is -2.36. The second kappa shape index (κ2) is 11.1. The minimum absolute atomic E-state index is 0.217. The van der Waals surface area contributed by atoms with Gasteiger partial charge in [-0.3, -0.25) is 0 Å². The first-order valence-electron chi connectivity index (χ1n) is 9.37. The fourth-order valence-electron chi connectivity index (χ4n) is 2.74. The van der Waals surface area contributed by atoms with Crippen LogP contribution in [0.15, 0.2) is 41.6 Å². The number of hydrogen-bond acceptors (Lipinski definition) is 7. The molecule has 0 spiro atoms. The standard InChI is InChI=1S/C20H23ClFN5O2S/c1-27-20(24-25-26-27)30-10-4-9-23-12-14-5-3-6-18(28-2)19(14)29-13-15-7-8-16(22)11-17(15)21/h3,5-8,11,23H,4,9-10,12-13H2,1-2H3. The summed E-state index contributed by atoms with van der Waals surface area (Å²) in [5.41, 5.74) is 1.68. The molecule has 3 rings (SSSR count). The lowest BCUT2D eigenvalue weighted by Gasteiger charge is -2.16. The van der Waals surface area contributed by atoms with Crippen molar-refractivity contribution in [2.75, 3.05) is 19.4 Å². The van der Waals surface area contributed by atoms with Crippen LogP contribution in [0.4, 0.5) is 4.39 Å². The van der Waals surface area contributed by atoms with E-state index in [1.165, 1.54) is 12.1 Å². The zero-order valence-corrected chi connectivity index (χ0v) is 18.3. The molecule has 10 heteroatoms. The summed E-state index contributed by atoms with van der Waals surface area (Å²) in [5.74, 6) is 1.82. The summed E-state index contributed by atoms with van der Waals surface area (Å²) in [5, 5.41) is 15.9. The summed E-state index contributed by atoms with van der Waals surface area (Å²) in [6.07, 6.45) is 0.961. The predicted octanol–water partition coefficient (Wildman–Crippen LogP) is 3.86. The number of ether oxygens (including phenoxy) is 2. The Morgan fingerprint density at radius 2 is 2.10 bits per heavy atom. The average Bonchev–Trinajstić information content (AvgIpc) is 3.15. The van der Waals surface area contributed by atoms with Crippen LogP contribution in [0.1, 0.15) is 17.5 Å². The van der Waals surface area contributed by atoms with Crippen LogP contribution in [-0.2, 0) is 20.2 Å². The molecule has 0 atom stereocenters. The molecule has 0 bridgehead atoms. The number of aryl methyl sites for hydroxylation is 1. The van der Waals surface area contributed by atoms with Crippen molar-refractivity contribution in [3.05, 3.63) is 58.4 Å². The van der Waals surface area contributed by atoms with Gasteiger partial charge in [-0.1, -0.05) is 41.6 Å². The Morgan fingerprint density at radius 1 is 1.23 bits per heavy atom. The van der Waals surface area contributed by atoms with Gasteiger partial charge in [0.2, 0.25) is 5.16 Å². The quantitative estimate of drug-likeness (QED) is 0.350. The number of nitrogens with zero attached hydrogens (tertiary/aromatic N) is 4. The van der Waals surface area contributed by atoms with Gasteiger partial charge in [0.1, 0.15) is 12.4 Å². The Kier molecular flexibility index (Phi) is 8.30. The maximum Gasteiger partial charge on any atom is 0.209 e. The van der Waals surface area contributed by atoms with Gasteiger partial charge in [0, 0.05) is 30.5 Å². The first-order chi connectivity index (χ1) is 14.6. The second-order valence-electron chi connectivity index (χ2n) is 6.44. The zero-order valence-electron chi connectivity index (χ0n) is 16.8. The van der Waals surface area contributed by atoms with Gasteiger partial charge < -0.3 is 14.8 Å². The van der Waals surface area contributed by atoms with Crippen LogP contribution in [0.3, 0.4) is 0 Å². The molecule has 2 aromatic carbocycles. The molecule has 0 aliphatic heterocycles. The van der Waals surface area contributed by atoms with E-state index in [0.717, 1.165) is 29.4 Å². The van der Waals surface area contributed by atoms with E-state index >= 15 is 0 Å². The van der Waals surface area contributed by atoms with Gasteiger partial charge in [0.05, 0.1) is 12.1 Å². The molecule has 30 heavy (non-hydrogen) atoms. The largest absolute Gasteiger partial charge is 0.493 e. The smallest absolute Gasteiger partial charge is 0.209 e. The normalized spacial score (nSPS) is 10.9. The molecule has 0 saturated heterocycles. The van der Waals surface area contributed by atoms with Gasteiger partial charge in [-0.05, 0) is 41.6 Å². The van der Waals surface area contributed by atoms with Crippen molar-refractivity contribution in [1.29, 1.82) is 0 Å². The Balaban J connectivity index is 1.53. The Morgan fingerprint density at radius 3 is 2.83 bits per heavy atom. The van der Waals surface area contributed by atoms with Crippen LogP contribution in [-0.4, -0.2) is 39.6 Å². The first kappa shape index (κ1) is 22.3. The molecule has 3 aromatic rings. The lowest BCUT2D eigenvalue weighted by Crippen LogP contribution is -2.16. The molecule has 1 N–H and O–H groups in total. The van der Waals surface area contributed by atoms with Gasteiger partial charge in [-0.15, -0.1) is 5.10 Å². The van der Waals surface area contributed by atoms with Gasteiger partial charge >= 0.3 is 0 Å². The van der Waals surface area contributed by atoms with Crippen molar-refractivity contribution in [2.45, 2.75) is 24.7 Å². The highest BCUT2D eigenvalue weighted by Gasteiger charge is 2.12. The van der Waals surface area contributed by atoms with Crippen LogP contribution < -0.4 is 14.8 Å². The van der Waals surface area contributed by atoms with Gasteiger partial charge in [0.25, 0.3) is 0 Å². The molecular formula is C20H23ClFN5O2S. The van der Waals surface area contributed by atoms with E-state index in [9.17, 15) is 4.39 Å². The lowest BCUT2D eigenvalue weighted by molar-refractivity contribution is 0.280. The predicted molar refractivity (Wildman–Crippen MR) is 115 cm³/mol. The van der Waals surface area contributed by atoms with Gasteiger partial charge in [-0.25, -0.2) is 9.07 Å². The summed E-state index contributed by atoms with van der Waals surface area (Å²) in [6.45, 7) is 1.67. The van der Waals surface area contributed by atoms with E-state index in [-0.39, 0.29) is 12.4 Å². The van der Waals surface area contributed by atoms with E-state index in [2.05, 4.69) is 20.8 Å². The summed E-state index contributed by atoms with van der Waals surface area (Å²) < 4.78 is 26.4. The van der Waals surface area contributed by atoms with Crippen LogP contribution in [0.5, 0.6) is 11.5 Å². The SMILES string of the molecule is COc1cccc(CNCCCSc2nnnn2C)c1OCc1ccc(F)cc1Cl. The van der Waals surface area contributed by atoms with Gasteiger partial charge in [-0.2, -0.15) is 0 Å². The maximum absolute atomic E-state index is 13.3. The van der Waals surface area contributed by atoms with Crippen LogP contribution in [0.25, 0.3) is 0 Å². The molecule has 0 amide bonds. The fraction of sp³-hybridized carbons (Fsp3) is 0.350. The molecule has 1 heterocycles. The van der Waals surface area contributed by atoms with Crippen molar-refractivity contribution < 1.29 is 13.9 Å². The monoisotopic (exact) mass is 451 g/mol. The van der Waals surface area contributed by atoms with Gasteiger partial charge in [0.15, 0.2) is 11.5 Å². The summed E-state index contributed by atoms with van der Waals surface area (Å²) in [4.78, 5) is 0. The third kappa shape index (κ3) is 6.07. The molecule has 0 radical (unpaired) electrons. The number of methoxy groups -OCH3 is 1. The van der Waals surface area contributed by atoms with Crippen molar-refractivity contribution in [2.24, 2.45) is 7.05 Å². The summed E-state index contributed by atoms with van der Waals surface area (Å²) in [7, 11) is 3.42. The lowest BCUT2D eigenvalue weighted by atomic mass is 10.1. The number of thioether (sulfide) groups is 1. The number of aromatic nitrogens is 4. The number of tetrazole rings is 1. The third-order valence-corrected chi connectivity index (χ3v) is 5.74. The number of hydrogen-bond donors (Lipinski definition) is 1. The van der Waals surface area contributed by atoms with Crippen LogP contribution in [0, 0.1) is 5.82 Å². The summed E-state index contributed by atoms with van der Waals surface area (Å²) >= 11 is 7.73. The van der Waals surface area contributed by atoms with Crippen molar-refractivity contribution in [3.63, 3.8) is 0 Å². The highest BCUT2D eigenvalue weighted by molar-refractivity contribution is 7.99. The Labute approximate surface area is 183 Å². The van der Waals surface area contributed by atoms with Crippen LogP contribution >= 0.6 is 23.4 Å². The molecule has 0 saturated carbocycles. The molecular weight excluding hydrogens is 429 g/mol. The van der Waals surface area contributed by atoms with E-state index in [1.54, 1.807) is 29.6 Å². The van der Waals surface area contributed by atoms with Crippen molar-refractivity contribution in [1.82, 2.24) is 25.5 Å². The zero-order chi connectivity index (χ0) is 21.3. The number of nitrogens with one attached hydrogen (secondary N) is 1. The number of para-hydroxylation sites is 1. The van der Waals surface area contributed by atoms with Crippen LogP contribution in [0.2, 0.25) is 5.02 Å². The van der Waals surface area contributed by atoms with Crippen molar-refractivity contribution in [3.8, 4) is 11.5 Å². The minimum Gasteiger partial charge on any atom is -0.493 e. The summed E-state index contributed by atoms with van der Waals surface area (Å²) in [6, 6.07) is 10.0. The molecule has 0 fully saturated rings. The highest BCUT2D eigenvalue weighted by Crippen LogP contribution is 2.32. The van der Waals surface area contributed by atoms with E-state index in [4.69, 9.17) is 21.1 Å². The molecule has 0 unspecified atom stereocenters. The molecule has 0 aliphatic rings. The van der Waals surface area contributed by atoms with E-state index < -0.39 is 0 Å². The first-order valence-corrected chi connectivity index (χ1v) is 10.7. The molecule has 1 aromatic heterocycles. The number of halogens is 2. The molecule has 160 valence electrons. The number of benzene rings is 2. The topological polar surface area (TPSA) is 74.1 Å². The second-order valence-corrected chi connectivity index (χ2v) is 7.91. The minimum atomic E-state index is -0.375. The number of rotatable bonds is 11. The maximum atomic E-state index is 13.3. The Bertz CT molecular complexity index is 972. The van der Waals surface area contributed by atoms with E-state index in [0.29, 0.717) is 28.6 Å². The third-order valence-electron chi connectivity index (χ3n) is 4.29. The average molecular weight is 452 g/mol. The van der Waals surface area contributed by atoms with E-state index in [1.807, 2.05) is 25.2 Å². The molecule has 0 aliphatic carbocycles. The van der Waals surface area contributed by atoms with Crippen molar-refractivity contribution >= 4 is 23.4 Å². The highest BCUT2D eigenvalue weighted by atomic mass is 35.5. The molecule has 7 nitrogen and oxygen atoms in total. The fourth-order valence-corrected chi connectivity index (χ4v) is 3.75.